The maximum Gasteiger partial charge on any atom is 0.308 e. The quantitative estimate of drug-likeness (QED) is 0.0394. The molecule has 0 radical (unpaired) electrons. The Morgan fingerprint density at radius 2 is 0.927 bits per heavy atom. The number of carbonyl (C=O) groups is 1. The lowest BCUT2D eigenvalue weighted by atomic mass is 10.2. The number of carbonyl (C=O) groups excluding carboxylic acids is 1. The van der Waals surface area contributed by atoms with Crippen molar-refractivity contribution in [3.8, 4) is 0 Å². The highest BCUT2D eigenvalue weighted by Gasteiger charge is 2.15. The minimum atomic E-state index is -0.490. The summed E-state index contributed by atoms with van der Waals surface area (Å²) in [5.41, 5.74) is 16.0. The number of azide groups is 2. The van der Waals surface area contributed by atoms with Crippen LogP contribution in [-0.4, -0.2) is 142 Å². The molecule has 0 aliphatic rings. The van der Waals surface area contributed by atoms with Crippen molar-refractivity contribution in [2.75, 3.05) is 125 Å². The van der Waals surface area contributed by atoms with Crippen LogP contribution in [0.1, 0.15) is 27.2 Å². The van der Waals surface area contributed by atoms with Crippen LogP contribution in [0.4, 0.5) is 0 Å². The van der Waals surface area contributed by atoms with E-state index in [1.54, 1.807) is 0 Å². The van der Waals surface area contributed by atoms with Gasteiger partial charge in [0.1, 0.15) is 5.60 Å². The molecule has 0 aromatic heterocycles. The van der Waals surface area contributed by atoms with Gasteiger partial charge in [0.05, 0.1) is 98.9 Å². The molecule has 0 spiro atoms. The van der Waals surface area contributed by atoms with Crippen LogP contribution in [-0.2, 0) is 42.7 Å². The maximum atomic E-state index is 11.6. The molecule has 0 rings (SSSR count). The first kappa shape index (κ1) is 38.8. The Hall–Kier alpha value is -2.23. The van der Waals surface area contributed by atoms with Crippen molar-refractivity contribution in [3.05, 3.63) is 20.9 Å². The van der Waals surface area contributed by atoms with Crippen molar-refractivity contribution in [1.29, 1.82) is 0 Å². The molecule has 0 N–H and O–H groups in total. The maximum absolute atomic E-state index is 11.6. The van der Waals surface area contributed by atoms with Gasteiger partial charge in [-0.05, 0) is 31.8 Å². The van der Waals surface area contributed by atoms with Crippen LogP contribution >= 0.6 is 0 Å². The van der Waals surface area contributed by atoms with Crippen LogP contribution in [0.15, 0.2) is 10.2 Å². The molecule has 0 atom stereocenters. The minimum absolute atomic E-state index is 0.215. The summed E-state index contributed by atoms with van der Waals surface area (Å²) < 4.78 is 43.7. The van der Waals surface area contributed by atoms with Crippen LogP contribution in [0.3, 0.4) is 0 Å². The molecule has 0 heterocycles. The molecule has 0 aromatic rings. The summed E-state index contributed by atoms with van der Waals surface area (Å²) >= 11 is 0. The van der Waals surface area contributed by atoms with E-state index in [4.69, 9.17) is 49.0 Å². The molecule has 0 fully saturated rings. The monoisotopic (exact) mass is 591 g/mol. The fourth-order valence-corrected chi connectivity index (χ4v) is 2.95. The van der Waals surface area contributed by atoms with E-state index in [-0.39, 0.29) is 12.4 Å². The van der Waals surface area contributed by atoms with Crippen molar-refractivity contribution < 1.29 is 42.7 Å². The zero-order valence-corrected chi connectivity index (χ0v) is 24.9. The lowest BCUT2D eigenvalue weighted by molar-refractivity contribution is -0.156. The second-order valence-electron chi connectivity index (χ2n) is 9.37. The van der Waals surface area contributed by atoms with Gasteiger partial charge in [0.15, 0.2) is 0 Å². The number of rotatable bonds is 30. The van der Waals surface area contributed by atoms with E-state index in [1.165, 1.54) is 0 Å². The van der Waals surface area contributed by atoms with Crippen LogP contribution in [0.25, 0.3) is 20.9 Å². The average Bonchev–Trinajstić information content (AvgIpc) is 2.92. The summed E-state index contributed by atoms with van der Waals surface area (Å²) in [6.07, 6.45) is 0.215. The molecule has 0 bridgehead atoms. The third kappa shape index (κ3) is 32.2. The van der Waals surface area contributed by atoms with Crippen molar-refractivity contribution in [2.45, 2.75) is 32.8 Å². The highest BCUT2D eigenvalue weighted by molar-refractivity contribution is 5.69. The van der Waals surface area contributed by atoms with E-state index in [9.17, 15) is 4.79 Å². The zero-order valence-electron chi connectivity index (χ0n) is 24.9. The second-order valence-corrected chi connectivity index (χ2v) is 9.37. The first-order valence-corrected chi connectivity index (χ1v) is 13.9. The Morgan fingerprint density at radius 3 is 1.29 bits per heavy atom. The fraction of sp³-hybridized carbons (Fsp3) is 0.960. The number of ether oxygens (including phenoxy) is 8. The van der Waals surface area contributed by atoms with E-state index in [1.807, 2.05) is 20.8 Å². The van der Waals surface area contributed by atoms with Crippen molar-refractivity contribution in [1.82, 2.24) is 4.90 Å². The SMILES string of the molecule is CC(C)(C)OC(=O)CCOCCOCCOCCN(CCOCCOCCN=[N+]=[N-])CCOCCOCCN=[N+]=[N-]. The van der Waals surface area contributed by atoms with Crippen LogP contribution in [0, 0.1) is 0 Å². The Morgan fingerprint density at radius 1 is 0.585 bits per heavy atom. The molecular formula is C25H49N7O9. The van der Waals surface area contributed by atoms with Crippen molar-refractivity contribution in [3.63, 3.8) is 0 Å². The first-order valence-electron chi connectivity index (χ1n) is 13.9. The lowest BCUT2D eigenvalue weighted by Crippen LogP contribution is -2.34. The molecule has 16 heteroatoms. The smallest absolute Gasteiger partial charge is 0.308 e. The van der Waals surface area contributed by atoms with Gasteiger partial charge < -0.3 is 37.9 Å². The molecule has 0 aliphatic carbocycles. The molecule has 0 aliphatic heterocycles. The Balaban J connectivity index is 3.95. The van der Waals surface area contributed by atoms with Crippen LogP contribution in [0.5, 0.6) is 0 Å². The third-order valence-corrected chi connectivity index (χ3v) is 4.81. The van der Waals surface area contributed by atoms with Gasteiger partial charge in [-0.25, -0.2) is 0 Å². The number of hydrogen-bond donors (Lipinski definition) is 0. The van der Waals surface area contributed by atoms with Gasteiger partial charge in [-0.15, -0.1) is 0 Å². The molecule has 0 saturated carbocycles. The summed E-state index contributed by atoms with van der Waals surface area (Å²) in [5, 5.41) is 6.81. The molecular weight excluding hydrogens is 542 g/mol. The Labute approximate surface area is 243 Å². The summed E-state index contributed by atoms with van der Waals surface area (Å²) in [5.74, 6) is -0.278. The van der Waals surface area contributed by atoms with Gasteiger partial charge in [0, 0.05) is 42.5 Å². The van der Waals surface area contributed by atoms with Gasteiger partial charge in [-0.3, -0.25) is 9.69 Å². The van der Waals surface area contributed by atoms with Crippen molar-refractivity contribution in [2.24, 2.45) is 10.2 Å². The highest BCUT2D eigenvalue weighted by Crippen LogP contribution is 2.08. The molecule has 0 unspecified atom stereocenters. The van der Waals surface area contributed by atoms with E-state index >= 15 is 0 Å². The van der Waals surface area contributed by atoms with Crippen LogP contribution < -0.4 is 0 Å². The second kappa shape index (κ2) is 29.3. The summed E-state index contributed by atoms with van der Waals surface area (Å²) in [6, 6.07) is 0. The minimum Gasteiger partial charge on any atom is -0.460 e. The Kier molecular flexibility index (Phi) is 27.7. The molecule has 0 aromatic carbocycles. The van der Waals surface area contributed by atoms with Crippen molar-refractivity contribution >= 4 is 5.97 Å². The molecule has 41 heavy (non-hydrogen) atoms. The first-order chi connectivity index (χ1) is 19.9. The van der Waals surface area contributed by atoms with E-state index in [0.717, 1.165) is 0 Å². The number of hydrogen-bond acceptors (Lipinski definition) is 12. The normalized spacial score (nSPS) is 11.3. The predicted octanol–water partition coefficient (Wildman–Crippen LogP) is 2.76. The van der Waals surface area contributed by atoms with Gasteiger partial charge in [0.2, 0.25) is 0 Å². The third-order valence-electron chi connectivity index (χ3n) is 4.81. The zero-order chi connectivity index (χ0) is 30.3. The number of nitrogens with zero attached hydrogens (tertiary/aromatic N) is 7. The fourth-order valence-electron chi connectivity index (χ4n) is 2.95. The van der Waals surface area contributed by atoms with Gasteiger partial charge in [0.25, 0.3) is 0 Å². The highest BCUT2D eigenvalue weighted by atomic mass is 16.6. The van der Waals surface area contributed by atoms with Crippen LogP contribution in [0.2, 0.25) is 0 Å². The van der Waals surface area contributed by atoms with E-state index in [0.29, 0.717) is 125 Å². The summed E-state index contributed by atoms with van der Waals surface area (Å²) in [4.78, 5) is 19.1. The van der Waals surface area contributed by atoms with Gasteiger partial charge in [-0.2, -0.15) is 0 Å². The van der Waals surface area contributed by atoms with Gasteiger partial charge >= 0.3 is 5.97 Å². The molecule has 16 nitrogen and oxygen atoms in total. The topological polar surface area (TPSA) is 192 Å². The average molecular weight is 592 g/mol. The standard InChI is InChI=1S/C25H49N7O9/c1-25(2,3)41-24(33)4-10-34-16-22-40-23-21-39-15-9-32(7-13-37-19-17-35-11-5-28-30-26)8-14-38-20-18-36-12-6-29-31-27/h4-23H2,1-3H3. The summed E-state index contributed by atoms with van der Waals surface area (Å²) in [6.45, 7) is 14.3. The Bertz CT molecular complexity index is 682. The van der Waals surface area contributed by atoms with E-state index in [2.05, 4.69) is 25.0 Å². The largest absolute Gasteiger partial charge is 0.460 e. The number of esters is 1. The molecule has 238 valence electrons. The summed E-state index contributed by atoms with van der Waals surface area (Å²) in [7, 11) is 0. The molecule has 0 saturated heterocycles. The van der Waals surface area contributed by atoms with E-state index < -0.39 is 5.60 Å². The predicted molar refractivity (Wildman–Crippen MR) is 151 cm³/mol. The molecule has 0 amide bonds. The lowest BCUT2D eigenvalue weighted by Gasteiger charge is -2.22. The van der Waals surface area contributed by atoms with Gasteiger partial charge in [-0.1, -0.05) is 10.2 Å².